The third-order valence-corrected chi connectivity index (χ3v) is 3.86. The number of hydrogen-bond donors (Lipinski definition) is 1. The predicted molar refractivity (Wildman–Crippen MR) is 69.5 cm³/mol. The summed E-state index contributed by atoms with van der Waals surface area (Å²) in [6.07, 6.45) is 2.62. The van der Waals surface area contributed by atoms with Crippen molar-refractivity contribution >= 4 is 12.0 Å². The SMILES string of the molecule is CCCC1(C(=O)O)CCCN1C(=O)N(C)C(C)C. The topological polar surface area (TPSA) is 60.9 Å². The minimum absolute atomic E-state index is 0.0752. The molecule has 0 aliphatic carbocycles. The Morgan fingerprint density at radius 1 is 1.44 bits per heavy atom. The highest BCUT2D eigenvalue weighted by molar-refractivity contribution is 5.87. The lowest BCUT2D eigenvalue weighted by Crippen LogP contribution is -2.57. The Bertz CT molecular complexity index is 330. The van der Waals surface area contributed by atoms with Crippen LogP contribution in [0.2, 0.25) is 0 Å². The average molecular weight is 256 g/mol. The van der Waals surface area contributed by atoms with Crippen molar-refractivity contribution in [3.8, 4) is 0 Å². The van der Waals surface area contributed by atoms with Gasteiger partial charge in [-0.05, 0) is 33.1 Å². The molecule has 0 aromatic heterocycles. The van der Waals surface area contributed by atoms with Gasteiger partial charge >= 0.3 is 12.0 Å². The molecule has 1 rings (SSSR count). The Hall–Kier alpha value is -1.26. The molecule has 0 radical (unpaired) electrons. The fraction of sp³-hybridized carbons (Fsp3) is 0.846. The van der Waals surface area contributed by atoms with Crippen molar-refractivity contribution in [2.24, 2.45) is 0 Å². The molecule has 104 valence electrons. The van der Waals surface area contributed by atoms with E-state index >= 15 is 0 Å². The van der Waals surface area contributed by atoms with Gasteiger partial charge in [-0.2, -0.15) is 0 Å². The molecule has 1 aliphatic rings. The lowest BCUT2D eigenvalue weighted by atomic mass is 9.91. The zero-order valence-electron chi connectivity index (χ0n) is 11.8. The molecule has 0 aromatic carbocycles. The predicted octanol–water partition coefficient (Wildman–Crippen LogP) is 2.17. The maximum Gasteiger partial charge on any atom is 0.329 e. The number of rotatable bonds is 4. The number of hydrogen-bond acceptors (Lipinski definition) is 2. The van der Waals surface area contributed by atoms with Gasteiger partial charge in [0.1, 0.15) is 5.54 Å². The number of amides is 2. The van der Waals surface area contributed by atoms with Crippen LogP contribution in [0, 0.1) is 0 Å². The van der Waals surface area contributed by atoms with Crippen LogP contribution in [0.4, 0.5) is 4.79 Å². The minimum Gasteiger partial charge on any atom is -0.479 e. The number of aliphatic carboxylic acids is 1. The van der Waals surface area contributed by atoms with Crippen LogP contribution in [-0.4, -0.2) is 52.1 Å². The molecule has 1 unspecified atom stereocenters. The molecule has 1 fully saturated rings. The summed E-state index contributed by atoms with van der Waals surface area (Å²) < 4.78 is 0. The van der Waals surface area contributed by atoms with Gasteiger partial charge in [-0.25, -0.2) is 9.59 Å². The zero-order chi connectivity index (χ0) is 13.9. The summed E-state index contributed by atoms with van der Waals surface area (Å²) >= 11 is 0. The van der Waals surface area contributed by atoms with Gasteiger partial charge in [0.25, 0.3) is 0 Å². The summed E-state index contributed by atoms with van der Waals surface area (Å²) in [5, 5.41) is 9.52. The highest BCUT2D eigenvalue weighted by Crippen LogP contribution is 2.34. The van der Waals surface area contributed by atoms with Crippen LogP contribution >= 0.6 is 0 Å². The molecule has 0 spiro atoms. The highest BCUT2D eigenvalue weighted by Gasteiger charge is 2.49. The number of carbonyl (C=O) groups is 2. The van der Waals surface area contributed by atoms with E-state index in [0.717, 1.165) is 12.8 Å². The Morgan fingerprint density at radius 2 is 2.06 bits per heavy atom. The summed E-state index contributed by atoms with van der Waals surface area (Å²) in [5.41, 5.74) is -0.991. The second kappa shape index (κ2) is 5.59. The van der Waals surface area contributed by atoms with E-state index in [1.165, 1.54) is 0 Å². The first-order valence-corrected chi connectivity index (χ1v) is 6.64. The summed E-state index contributed by atoms with van der Waals surface area (Å²) in [6.45, 7) is 6.35. The lowest BCUT2D eigenvalue weighted by Gasteiger charge is -2.38. The summed E-state index contributed by atoms with van der Waals surface area (Å²) in [7, 11) is 1.73. The number of nitrogens with zero attached hydrogens (tertiary/aromatic N) is 2. The molecule has 1 saturated heterocycles. The summed E-state index contributed by atoms with van der Waals surface area (Å²) in [4.78, 5) is 27.1. The normalized spacial score (nSPS) is 23.5. The maximum atomic E-state index is 12.4. The van der Waals surface area contributed by atoms with Gasteiger partial charge in [0.2, 0.25) is 0 Å². The second-order valence-corrected chi connectivity index (χ2v) is 5.33. The highest BCUT2D eigenvalue weighted by atomic mass is 16.4. The van der Waals surface area contributed by atoms with Gasteiger partial charge in [-0.15, -0.1) is 0 Å². The maximum absolute atomic E-state index is 12.4. The first-order chi connectivity index (χ1) is 8.36. The van der Waals surface area contributed by atoms with E-state index in [-0.39, 0.29) is 12.1 Å². The van der Waals surface area contributed by atoms with Crippen molar-refractivity contribution in [1.82, 2.24) is 9.80 Å². The van der Waals surface area contributed by atoms with Crippen LogP contribution in [0.3, 0.4) is 0 Å². The number of carboxylic acid groups (broad SMARTS) is 1. The average Bonchev–Trinajstić information content (AvgIpc) is 2.72. The van der Waals surface area contributed by atoms with Gasteiger partial charge in [-0.1, -0.05) is 13.3 Å². The quantitative estimate of drug-likeness (QED) is 0.838. The zero-order valence-corrected chi connectivity index (χ0v) is 11.8. The molecule has 1 heterocycles. The molecular formula is C13H24N2O3. The Balaban J connectivity index is 2.98. The van der Waals surface area contributed by atoms with Gasteiger partial charge < -0.3 is 14.9 Å². The van der Waals surface area contributed by atoms with Crippen molar-refractivity contribution < 1.29 is 14.7 Å². The summed E-state index contributed by atoms with van der Waals surface area (Å²) in [6, 6.07) is -0.0930. The molecular weight excluding hydrogens is 232 g/mol. The van der Waals surface area contributed by atoms with E-state index in [4.69, 9.17) is 0 Å². The van der Waals surface area contributed by atoms with Gasteiger partial charge in [-0.3, -0.25) is 0 Å². The van der Waals surface area contributed by atoms with Gasteiger partial charge in [0.05, 0.1) is 0 Å². The molecule has 0 aromatic rings. The standard InChI is InChI=1S/C13H24N2O3/c1-5-7-13(11(16)17)8-6-9-15(13)12(18)14(4)10(2)3/h10H,5-9H2,1-4H3,(H,16,17). The molecule has 5 nitrogen and oxygen atoms in total. The van der Waals surface area contributed by atoms with Crippen LogP contribution in [-0.2, 0) is 4.79 Å². The van der Waals surface area contributed by atoms with E-state index in [2.05, 4.69) is 0 Å². The van der Waals surface area contributed by atoms with E-state index in [1.807, 2.05) is 20.8 Å². The van der Waals surface area contributed by atoms with E-state index in [9.17, 15) is 14.7 Å². The molecule has 5 heteroatoms. The molecule has 0 saturated carbocycles. The smallest absolute Gasteiger partial charge is 0.329 e. The minimum atomic E-state index is -0.991. The Labute approximate surface area is 109 Å². The van der Waals surface area contributed by atoms with Crippen LogP contribution in [0.1, 0.15) is 46.5 Å². The van der Waals surface area contributed by atoms with Gasteiger partial charge in [0.15, 0.2) is 0 Å². The third kappa shape index (κ3) is 2.44. The number of urea groups is 1. The molecule has 0 bridgehead atoms. The third-order valence-electron chi connectivity index (χ3n) is 3.86. The molecule has 1 aliphatic heterocycles. The largest absolute Gasteiger partial charge is 0.479 e. The number of carboxylic acids is 1. The molecule has 1 N–H and O–H groups in total. The first kappa shape index (κ1) is 14.8. The van der Waals surface area contributed by atoms with Crippen molar-refractivity contribution in [1.29, 1.82) is 0 Å². The lowest BCUT2D eigenvalue weighted by molar-refractivity contribution is -0.148. The Morgan fingerprint density at radius 3 is 2.50 bits per heavy atom. The first-order valence-electron chi connectivity index (χ1n) is 6.64. The van der Waals surface area contributed by atoms with Crippen molar-refractivity contribution in [2.75, 3.05) is 13.6 Å². The molecule has 2 amide bonds. The summed E-state index contributed by atoms with van der Waals surface area (Å²) in [5.74, 6) is -0.868. The van der Waals surface area contributed by atoms with E-state index < -0.39 is 11.5 Å². The van der Waals surface area contributed by atoms with E-state index in [0.29, 0.717) is 19.4 Å². The number of carbonyl (C=O) groups excluding carboxylic acids is 1. The monoisotopic (exact) mass is 256 g/mol. The van der Waals surface area contributed by atoms with Crippen LogP contribution < -0.4 is 0 Å². The fourth-order valence-electron chi connectivity index (χ4n) is 2.57. The van der Waals surface area contributed by atoms with Crippen molar-refractivity contribution in [2.45, 2.75) is 58.0 Å². The van der Waals surface area contributed by atoms with Crippen LogP contribution in [0.25, 0.3) is 0 Å². The van der Waals surface area contributed by atoms with Crippen molar-refractivity contribution in [3.05, 3.63) is 0 Å². The Kier molecular flexibility index (Phi) is 4.59. The van der Waals surface area contributed by atoms with Gasteiger partial charge in [0, 0.05) is 19.6 Å². The molecule has 1 atom stereocenters. The fourth-order valence-corrected chi connectivity index (χ4v) is 2.57. The second-order valence-electron chi connectivity index (χ2n) is 5.33. The van der Waals surface area contributed by atoms with Crippen LogP contribution in [0.5, 0.6) is 0 Å². The van der Waals surface area contributed by atoms with Crippen LogP contribution in [0.15, 0.2) is 0 Å². The van der Waals surface area contributed by atoms with E-state index in [1.54, 1.807) is 16.8 Å². The molecule has 18 heavy (non-hydrogen) atoms. The van der Waals surface area contributed by atoms with Crippen molar-refractivity contribution in [3.63, 3.8) is 0 Å². The number of likely N-dealkylation sites (tertiary alicyclic amines) is 1.